The van der Waals surface area contributed by atoms with Crippen molar-refractivity contribution in [2.24, 2.45) is 0 Å². The van der Waals surface area contributed by atoms with E-state index in [9.17, 15) is 9.59 Å². The quantitative estimate of drug-likeness (QED) is 0.741. The smallest absolute Gasteiger partial charge is 0.372 e. The fourth-order valence-corrected chi connectivity index (χ4v) is 0.873. The van der Waals surface area contributed by atoms with E-state index in [1.807, 2.05) is 0 Å². The van der Waals surface area contributed by atoms with Crippen LogP contribution in [0.4, 0.5) is 9.59 Å². The zero-order valence-corrected chi connectivity index (χ0v) is 9.47. The molecule has 2 N–H and O–H groups in total. The first-order valence-corrected chi connectivity index (χ1v) is 4.99. The summed E-state index contributed by atoms with van der Waals surface area (Å²) >= 11 is 0. The predicted molar refractivity (Wildman–Crippen MR) is 55.4 cm³/mol. The number of rotatable bonds is 4. The van der Waals surface area contributed by atoms with Gasteiger partial charge < -0.3 is 20.2 Å². The normalized spacial score (nSPS) is 9.53. The first kappa shape index (κ1) is 12.7. The highest BCUT2D eigenvalue weighted by Gasteiger charge is 2.13. The minimum atomic E-state index is -0.707. The van der Waals surface area contributed by atoms with E-state index in [0.29, 0.717) is 13.1 Å². The van der Waals surface area contributed by atoms with E-state index in [0.717, 1.165) is 11.1 Å². The van der Waals surface area contributed by atoms with Crippen molar-refractivity contribution in [3.8, 4) is 6.01 Å². The van der Waals surface area contributed by atoms with Gasteiger partial charge in [0.2, 0.25) is 0 Å². The van der Waals surface area contributed by atoms with Crippen molar-refractivity contribution >= 4 is 12.2 Å². The fraction of sp³-hybridized carbons (Fsp3) is 0.500. The van der Waals surface area contributed by atoms with E-state index in [-0.39, 0.29) is 6.01 Å². The van der Waals surface area contributed by atoms with Crippen LogP contribution in [0.5, 0.6) is 6.01 Å². The molecule has 1 aromatic rings. The molecule has 0 aromatic carbocycles. The van der Waals surface area contributed by atoms with E-state index < -0.39 is 12.2 Å². The van der Waals surface area contributed by atoms with Gasteiger partial charge in [-0.15, -0.1) is 9.83 Å². The van der Waals surface area contributed by atoms with Crippen molar-refractivity contribution in [1.82, 2.24) is 25.6 Å². The number of carbonyl (C=O) groups excluding carboxylic acids is 2. The Kier molecular flexibility index (Phi) is 4.73. The van der Waals surface area contributed by atoms with Gasteiger partial charge in [0.05, 0.1) is 0 Å². The lowest BCUT2D eigenvalue weighted by Gasteiger charge is -2.06. The maximum absolute atomic E-state index is 11.1. The van der Waals surface area contributed by atoms with Crippen LogP contribution in [-0.2, 0) is 0 Å². The largest absolute Gasteiger partial charge is 0.432 e. The maximum Gasteiger partial charge on any atom is 0.432 e. The highest BCUT2D eigenvalue weighted by atomic mass is 16.7. The predicted octanol–water partition coefficient (Wildman–Crippen LogP) is -0.456. The van der Waals surface area contributed by atoms with Crippen LogP contribution in [0.1, 0.15) is 13.8 Å². The molecule has 9 nitrogen and oxygen atoms in total. The van der Waals surface area contributed by atoms with Gasteiger partial charge in [0.1, 0.15) is 0 Å². The molecular formula is C8H13N5O4. The van der Waals surface area contributed by atoms with E-state index in [2.05, 4.69) is 20.8 Å². The van der Waals surface area contributed by atoms with Crippen LogP contribution in [0.15, 0.2) is 6.33 Å². The summed E-state index contributed by atoms with van der Waals surface area (Å²) < 4.78 is 5.59. The molecule has 0 aliphatic carbocycles. The third-order valence-corrected chi connectivity index (χ3v) is 1.50. The van der Waals surface area contributed by atoms with E-state index in [1.165, 1.54) is 0 Å². The average Bonchev–Trinajstić information content (AvgIpc) is 2.66. The molecule has 1 aromatic heterocycles. The van der Waals surface area contributed by atoms with Gasteiger partial charge in [-0.25, -0.2) is 9.59 Å². The van der Waals surface area contributed by atoms with Gasteiger partial charge in [0.25, 0.3) is 0 Å². The van der Waals surface area contributed by atoms with E-state index in [4.69, 9.17) is 9.57 Å². The van der Waals surface area contributed by atoms with Crippen LogP contribution in [0, 0.1) is 0 Å². The minimum absolute atomic E-state index is 0.234. The molecule has 2 amide bonds. The van der Waals surface area contributed by atoms with Crippen LogP contribution in [0.25, 0.3) is 0 Å². The van der Waals surface area contributed by atoms with Gasteiger partial charge in [-0.3, -0.25) is 0 Å². The number of aromatic nitrogens is 3. The molecular weight excluding hydrogens is 230 g/mol. The number of hydrogen-bond acceptors (Lipinski definition) is 6. The van der Waals surface area contributed by atoms with Crippen molar-refractivity contribution in [2.45, 2.75) is 13.8 Å². The van der Waals surface area contributed by atoms with Gasteiger partial charge >= 0.3 is 18.2 Å². The molecule has 0 saturated heterocycles. The summed E-state index contributed by atoms with van der Waals surface area (Å²) in [6, 6.07) is -0.234. The Hall–Kier alpha value is -2.32. The van der Waals surface area contributed by atoms with Crippen LogP contribution < -0.4 is 20.2 Å². The van der Waals surface area contributed by atoms with E-state index in [1.54, 1.807) is 13.8 Å². The Bertz CT molecular complexity index is 357. The Balaban J connectivity index is 2.59. The van der Waals surface area contributed by atoms with Crippen LogP contribution >= 0.6 is 0 Å². The molecule has 0 unspecified atom stereocenters. The standard InChI is InChI=1S/C8H13N5O4/c1-3-9-7(14)16-6-12-11-5-13(6)17-8(15)10-4-2/h5H,3-4H2,1-2H3,(H,9,14)(H,10,15). The van der Waals surface area contributed by atoms with Gasteiger partial charge in [0, 0.05) is 13.1 Å². The van der Waals surface area contributed by atoms with Gasteiger partial charge in [-0.1, -0.05) is 5.10 Å². The number of ether oxygens (including phenoxy) is 1. The van der Waals surface area contributed by atoms with Crippen molar-refractivity contribution in [3.05, 3.63) is 6.33 Å². The second-order valence-corrected chi connectivity index (χ2v) is 2.77. The summed E-state index contributed by atoms with van der Waals surface area (Å²) in [5.74, 6) is 0. The molecule has 0 aliphatic rings. The first-order chi connectivity index (χ1) is 8.17. The lowest BCUT2D eigenvalue weighted by atomic mass is 10.8. The highest BCUT2D eigenvalue weighted by molar-refractivity contribution is 5.69. The topological polar surface area (TPSA) is 107 Å². The monoisotopic (exact) mass is 243 g/mol. The molecule has 0 atom stereocenters. The van der Waals surface area contributed by atoms with Gasteiger partial charge in [0.15, 0.2) is 6.33 Å². The summed E-state index contributed by atoms with van der Waals surface area (Å²) in [5.41, 5.74) is 0. The van der Waals surface area contributed by atoms with Crippen molar-refractivity contribution in [3.63, 3.8) is 0 Å². The molecule has 0 aliphatic heterocycles. The fourth-order valence-electron chi connectivity index (χ4n) is 0.873. The van der Waals surface area contributed by atoms with Crippen molar-refractivity contribution < 1.29 is 19.2 Å². The van der Waals surface area contributed by atoms with E-state index >= 15 is 0 Å². The third-order valence-electron chi connectivity index (χ3n) is 1.50. The molecule has 0 radical (unpaired) electrons. The van der Waals surface area contributed by atoms with Gasteiger partial charge in [-0.05, 0) is 13.8 Å². The molecule has 9 heteroatoms. The summed E-state index contributed by atoms with van der Waals surface area (Å²) in [4.78, 5) is 27.0. The maximum atomic E-state index is 11.1. The average molecular weight is 243 g/mol. The van der Waals surface area contributed by atoms with Gasteiger partial charge in [-0.2, -0.15) is 0 Å². The number of nitrogens with zero attached hydrogens (tertiary/aromatic N) is 3. The minimum Gasteiger partial charge on any atom is -0.372 e. The number of carbonyl (C=O) groups is 2. The molecule has 94 valence electrons. The zero-order chi connectivity index (χ0) is 12.7. The molecule has 17 heavy (non-hydrogen) atoms. The molecule has 0 saturated carbocycles. The summed E-state index contributed by atoms with van der Waals surface area (Å²) in [5, 5.41) is 11.7. The molecule has 0 fully saturated rings. The number of nitrogens with one attached hydrogen (secondary N) is 2. The number of amides is 2. The van der Waals surface area contributed by atoms with Crippen molar-refractivity contribution in [2.75, 3.05) is 13.1 Å². The second-order valence-electron chi connectivity index (χ2n) is 2.77. The molecule has 1 heterocycles. The molecule has 0 bridgehead atoms. The Labute approximate surface area is 97.1 Å². The highest BCUT2D eigenvalue weighted by Crippen LogP contribution is 2.02. The van der Waals surface area contributed by atoms with Crippen LogP contribution in [-0.4, -0.2) is 40.2 Å². The van der Waals surface area contributed by atoms with Crippen LogP contribution in [0.2, 0.25) is 0 Å². The zero-order valence-electron chi connectivity index (χ0n) is 9.47. The van der Waals surface area contributed by atoms with Crippen molar-refractivity contribution in [1.29, 1.82) is 0 Å². The molecule has 0 spiro atoms. The third kappa shape index (κ3) is 3.97. The Morgan fingerprint density at radius 3 is 2.59 bits per heavy atom. The lowest BCUT2D eigenvalue weighted by Crippen LogP contribution is -2.33. The molecule has 1 rings (SSSR count). The SMILES string of the molecule is CCNC(=O)Oc1nncn1OC(=O)NCC. The summed E-state index contributed by atoms with van der Waals surface area (Å²) in [7, 11) is 0. The van der Waals surface area contributed by atoms with Crippen LogP contribution in [0.3, 0.4) is 0 Å². The second kappa shape index (κ2) is 6.30. The Morgan fingerprint density at radius 1 is 1.29 bits per heavy atom. The summed E-state index contributed by atoms with van der Waals surface area (Å²) in [6.45, 7) is 4.29. The number of hydrogen-bond donors (Lipinski definition) is 2. The first-order valence-electron chi connectivity index (χ1n) is 4.99. The Morgan fingerprint density at radius 2 is 1.94 bits per heavy atom. The summed E-state index contributed by atoms with van der Waals surface area (Å²) in [6.07, 6.45) is -0.307. The lowest BCUT2D eigenvalue weighted by molar-refractivity contribution is 0.116.